The zero-order valence-electron chi connectivity index (χ0n) is 13.7. The summed E-state index contributed by atoms with van der Waals surface area (Å²) in [4.78, 5) is 12.5. The van der Waals surface area contributed by atoms with Gasteiger partial charge >= 0.3 is 5.97 Å². The molecule has 0 bridgehead atoms. The SMILES string of the molecule is CCc1cc(C)c(C2=C(O)C3(CCCC3)OC2=O)c(CC)c1. The zero-order chi connectivity index (χ0) is 15.9. The Morgan fingerprint density at radius 1 is 1.18 bits per heavy atom. The molecule has 0 amide bonds. The molecule has 1 fully saturated rings. The van der Waals surface area contributed by atoms with Gasteiger partial charge in [-0.3, -0.25) is 0 Å². The Morgan fingerprint density at radius 2 is 1.86 bits per heavy atom. The second kappa shape index (κ2) is 5.45. The minimum absolute atomic E-state index is 0.164. The van der Waals surface area contributed by atoms with E-state index < -0.39 is 5.60 Å². The van der Waals surface area contributed by atoms with Crippen LogP contribution < -0.4 is 0 Å². The van der Waals surface area contributed by atoms with E-state index in [0.717, 1.165) is 55.2 Å². The van der Waals surface area contributed by atoms with Gasteiger partial charge in [-0.05, 0) is 67.7 Å². The fourth-order valence-corrected chi connectivity index (χ4v) is 3.89. The number of aliphatic hydroxyl groups is 1. The van der Waals surface area contributed by atoms with E-state index in [0.29, 0.717) is 5.57 Å². The Morgan fingerprint density at radius 3 is 2.45 bits per heavy atom. The third-order valence-corrected chi connectivity index (χ3v) is 5.09. The fourth-order valence-electron chi connectivity index (χ4n) is 3.89. The van der Waals surface area contributed by atoms with Crippen molar-refractivity contribution in [2.75, 3.05) is 0 Å². The maximum Gasteiger partial charge on any atom is 0.343 e. The normalized spacial score (nSPS) is 20.0. The van der Waals surface area contributed by atoms with Gasteiger partial charge < -0.3 is 9.84 Å². The third-order valence-electron chi connectivity index (χ3n) is 5.09. The maximum atomic E-state index is 12.5. The van der Waals surface area contributed by atoms with Crippen molar-refractivity contribution in [2.45, 2.75) is 64.9 Å². The number of hydrogen-bond donors (Lipinski definition) is 1. The molecule has 1 aliphatic carbocycles. The minimum atomic E-state index is -0.743. The Bertz CT molecular complexity index is 649. The molecule has 2 aliphatic rings. The van der Waals surface area contributed by atoms with E-state index in [1.165, 1.54) is 5.56 Å². The molecule has 0 aromatic heterocycles. The van der Waals surface area contributed by atoms with E-state index in [2.05, 4.69) is 26.0 Å². The summed E-state index contributed by atoms with van der Waals surface area (Å²) in [6, 6.07) is 4.26. The highest BCUT2D eigenvalue weighted by atomic mass is 16.6. The summed E-state index contributed by atoms with van der Waals surface area (Å²) in [5.74, 6) is -0.196. The average molecular weight is 300 g/mol. The number of rotatable bonds is 3. The summed E-state index contributed by atoms with van der Waals surface area (Å²) in [5.41, 5.74) is 3.97. The summed E-state index contributed by atoms with van der Waals surface area (Å²) in [6.45, 7) is 6.23. The van der Waals surface area contributed by atoms with Crippen molar-refractivity contribution in [3.8, 4) is 0 Å². The molecule has 3 rings (SSSR count). The van der Waals surface area contributed by atoms with Crippen LogP contribution in [0.5, 0.6) is 0 Å². The number of aryl methyl sites for hydroxylation is 3. The van der Waals surface area contributed by atoms with Gasteiger partial charge in [0.25, 0.3) is 0 Å². The second-order valence-corrected chi connectivity index (χ2v) is 6.47. The van der Waals surface area contributed by atoms with E-state index >= 15 is 0 Å². The Hall–Kier alpha value is -1.77. The van der Waals surface area contributed by atoms with Crippen molar-refractivity contribution in [2.24, 2.45) is 0 Å². The Balaban J connectivity index is 2.18. The molecule has 1 saturated carbocycles. The lowest BCUT2D eigenvalue weighted by molar-refractivity contribution is -0.146. The van der Waals surface area contributed by atoms with E-state index in [9.17, 15) is 9.90 Å². The first-order chi connectivity index (χ1) is 10.5. The maximum absolute atomic E-state index is 12.5. The van der Waals surface area contributed by atoms with Crippen LogP contribution in [0.3, 0.4) is 0 Å². The zero-order valence-corrected chi connectivity index (χ0v) is 13.7. The van der Waals surface area contributed by atoms with Gasteiger partial charge in [0.15, 0.2) is 11.4 Å². The van der Waals surface area contributed by atoms with E-state index in [4.69, 9.17) is 4.74 Å². The molecule has 3 heteroatoms. The first kappa shape index (κ1) is 15.1. The van der Waals surface area contributed by atoms with E-state index in [1.54, 1.807) is 0 Å². The van der Waals surface area contributed by atoms with Crippen LogP contribution in [0.15, 0.2) is 17.9 Å². The predicted octanol–water partition coefficient (Wildman–Crippen LogP) is 4.26. The van der Waals surface area contributed by atoms with Gasteiger partial charge in [0.2, 0.25) is 0 Å². The van der Waals surface area contributed by atoms with Crippen molar-refractivity contribution in [3.63, 3.8) is 0 Å². The molecule has 1 aromatic carbocycles. The average Bonchev–Trinajstić information content (AvgIpc) is 3.06. The molecule has 0 unspecified atom stereocenters. The second-order valence-electron chi connectivity index (χ2n) is 6.47. The van der Waals surface area contributed by atoms with Crippen molar-refractivity contribution >= 4 is 11.5 Å². The molecule has 3 nitrogen and oxygen atoms in total. The number of carbonyl (C=O) groups is 1. The van der Waals surface area contributed by atoms with Gasteiger partial charge in [-0.1, -0.05) is 26.0 Å². The van der Waals surface area contributed by atoms with Gasteiger partial charge in [0.1, 0.15) is 5.57 Å². The van der Waals surface area contributed by atoms with E-state index in [1.807, 2.05) is 6.92 Å². The van der Waals surface area contributed by atoms with Crippen LogP contribution in [0.2, 0.25) is 0 Å². The number of esters is 1. The highest BCUT2D eigenvalue weighted by molar-refractivity contribution is 6.20. The van der Waals surface area contributed by atoms with Crippen LogP contribution in [-0.2, 0) is 22.4 Å². The Labute approximate surface area is 132 Å². The minimum Gasteiger partial charge on any atom is -0.507 e. The molecule has 1 spiro atoms. The molecule has 1 aliphatic heterocycles. The van der Waals surface area contributed by atoms with Gasteiger partial charge in [-0.2, -0.15) is 0 Å². The van der Waals surface area contributed by atoms with Crippen LogP contribution in [0, 0.1) is 6.92 Å². The van der Waals surface area contributed by atoms with Crippen molar-refractivity contribution in [1.82, 2.24) is 0 Å². The molecule has 1 N–H and O–H groups in total. The number of aliphatic hydroxyl groups excluding tert-OH is 1. The van der Waals surface area contributed by atoms with Gasteiger partial charge in [0, 0.05) is 0 Å². The monoisotopic (exact) mass is 300 g/mol. The van der Waals surface area contributed by atoms with Crippen LogP contribution in [0.4, 0.5) is 0 Å². The van der Waals surface area contributed by atoms with Gasteiger partial charge in [-0.25, -0.2) is 4.79 Å². The summed E-state index contributed by atoms with van der Waals surface area (Å²) in [6.07, 6.45) is 5.27. The Kier molecular flexibility index (Phi) is 3.75. The highest BCUT2D eigenvalue weighted by Gasteiger charge is 2.50. The highest BCUT2D eigenvalue weighted by Crippen LogP contribution is 2.47. The lowest BCUT2D eigenvalue weighted by atomic mass is 9.88. The topological polar surface area (TPSA) is 46.5 Å². The summed E-state index contributed by atoms with van der Waals surface area (Å²) < 4.78 is 5.64. The number of benzene rings is 1. The summed E-state index contributed by atoms with van der Waals surface area (Å²) >= 11 is 0. The summed E-state index contributed by atoms with van der Waals surface area (Å²) in [5, 5.41) is 10.8. The molecule has 0 radical (unpaired) electrons. The molecule has 0 saturated heterocycles. The van der Waals surface area contributed by atoms with Crippen molar-refractivity contribution in [3.05, 3.63) is 40.1 Å². The fraction of sp³-hybridized carbons (Fsp3) is 0.526. The molecular formula is C19H24O3. The first-order valence-corrected chi connectivity index (χ1v) is 8.32. The molecule has 1 aromatic rings. The van der Waals surface area contributed by atoms with Gasteiger partial charge in [-0.15, -0.1) is 0 Å². The predicted molar refractivity (Wildman–Crippen MR) is 86.8 cm³/mol. The molecule has 1 heterocycles. The van der Waals surface area contributed by atoms with Crippen LogP contribution in [0.25, 0.3) is 5.57 Å². The third kappa shape index (κ3) is 2.15. The lowest BCUT2D eigenvalue weighted by Crippen LogP contribution is -2.27. The van der Waals surface area contributed by atoms with Crippen molar-refractivity contribution < 1.29 is 14.6 Å². The first-order valence-electron chi connectivity index (χ1n) is 8.32. The molecule has 0 atom stereocenters. The van der Waals surface area contributed by atoms with Gasteiger partial charge in [0.05, 0.1) is 0 Å². The van der Waals surface area contributed by atoms with E-state index in [-0.39, 0.29) is 11.7 Å². The summed E-state index contributed by atoms with van der Waals surface area (Å²) in [7, 11) is 0. The van der Waals surface area contributed by atoms with Crippen molar-refractivity contribution in [1.29, 1.82) is 0 Å². The van der Waals surface area contributed by atoms with Crippen LogP contribution in [-0.4, -0.2) is 16.7 Å². The van der Waals surface area contributed by atoms with Crippen LogP contribution in [0.1, 0.15) is 61.8 Å². The lowest BCUT2D eigenvalue weighted by Gasteiger charge is -2.21. The smallest absolute Gasteiger partial charge is 0.343 e. The number of carbonyl (C=O) groups excluding carboxylic acids is 1. The largest absolute Gasteiger partial charge is 0.507 e. The molecular weight excluding hydrogens is 276 g/mol. The standard InChI is InChI=1S/C19H24O3/c1-4-13-10-12(3)15(14(5-2)11-13)16-17(20)19(22-18(16)21)8-6-7-9-19/h10-11,20H,4-9H2,1-3H3. The van der Waals surface area contributed by atoms with Crippen LogP contribution >= 0.6 is 0 Å². The molecule has 22 heavy (non-hydrogen) atoms. The number of hydrogen-bond acceptors (Lipinski definition) is 3. The quantitative estimate of drug-likeness (QED) is 0.848. The molecule has 118 valence electrons. The number of ether oxygens (including phenoxy) is 1.